The smallest absolute Gasteiger partial charge is 0.325 e. The standard InChI is InChI=1S/C21H29N3O2/c1-12(13-2-4-14(5-3-13)16(8-22)9-23)24-10-20(25)26-11-19-17-6-15-7-18(17)21(15)19/h2-5,15-19,21,24H,1,6-11,22-23H2/t15?,17-,18?,19?,21?/m0/s1. The molecule has 1 aromatic carbocycles. The Bertz CT molecular complexity index is 671. The van der Waals surface area contributed by atoms with E-state index in [1.54, 1.807) is 0 Å². The number of ether oxygens (including phenoxy) is 1. The van der Waals surface area contributed by atoms with Gasteiger partial charge in [0.25, 0.3) is 0 Å². The number of carbonyl (C=O) groups excluding carboxylic acids is 1. The van der Waals surface area contributed by atoms with Gasteiger partial charge in [-0.05, 0) is 53.6 Å². The third-order valence-electron chi connectivity index (χ3n) is 6.97. The summed E-state index contributed by atoms with van der Waals surface area (Å²) in [5.41, 5.74) is 14.2. The largest absolute Gasteiger partial charge is 0.464 e. The molecule has 0 spiro atoms. The molecular weight excluding hydrogens is 326 g/mol. The Balaban J connectivity index is 1.20. The van der Waals surface area contributed by atoms with Crippen LogP contribution < -0.4 is 16.8 Å². The summed E-state index contributed by atoms with van der Waals surface area (Å²) in [5, 5.41) is 3.07. The van der Waals surface area contributed by atoms with Gasteiger partial charge in [-0.3, -0.25) is 4.79 Å². The van der Waals surface area contributed by atoms with Crippen molar-refractivity contribution in [2.75, 3.05) is 26.2 Å². The fourth-order valence-corrected chi connectivity index (χ4v) is 5.44. The van der Waals surface area contributed by atoms with Crippen molar-refractivity contribution in [2.24, 2.45) is 41.1 Å². The highest BCUT2D eigenvalue weighted by atomic mass is 16.5. The molecule has 5 aliphatic rings. The minimum Gasteiger partial charge on any atom is -0.464 e. The number of carbonyl (C=O) groups is 1. The molecule has 0 amide bonds. The molecule has 5 aliphatic carbocycles. The monoisotopic (exact) mass is 355 g/mol. The van der Waals surface area contributed by atoms with E-state index in [0.29, 0.717) is 25.6 Å². The first-order chi connectivity index (χ1) is 12.6. The van der Waals surface area contributed by atoms with Crippen LogP contribution in [-0.4, -0.2) is 32.2 Å². The lowest BCUT2D eigenvalue weighted by Crippen LogP contribution is -2.49. The van der Waals surface area contributed by atoms with Crippen LogP contribution in [0.3, 0.4) is 0 Å². The highest BCUT2D eigenvalue weighted by Gasteiger charge is 2.67. The summed E-state index contributed by atoms with van der Waals surface area (Å²) in [6, 6.07) is 7.99. The van der Waals surface area contributed by atoms with E-state index in [1.807, 2.05) is 24.3 Å². The first kappa shape index (κ1) is 17.6. The van der Waals surface area contributed by atoms with E-state index in [4.69, 9.17) is 16.2 Å². The summed E-state index contributed by atoms with van der Waals surface area (Å²) in [6.45, 7) is 5.84. The Morgan fingerprint density at radius 2 is 1.88 bits per heavy atom. The fraction of sp³-hybridized carbons (Fsp3) is 0.571. The zero-order valence-electron chi connectivity index (χ0n) is 15.2. The summed E-state index contributed by atoms with van der Waals surface area (Å²) >= 11 is 0. The topological polar surface area (TPSA) is 90.4 Å². The van der Waals surface area contributed by atoms with Crippen molar-refractivity contribution in [1.82, 2.24) is 5.32 Å². The predicted octanol–water partition coefficient (Wildman–Crippen LogP) is 1.69. The van der Waals surface area contributed by atoms with Gasteiger partial charge in [0.1, 0.15) is 6.54 Å². The second-order valence-electron chi connectivity index (χ2n) is 8.11. The van der Waals surface area contributed by atoms with E-state index in [0.717, 1.165) is 40.5 Å². The van der Waals surface area contributed by atoms with Crippen molar-refractivity contribution in [3.63, 3.8) is 0 Å². The molecule has 4 bridgehead atoms. The Kier molecular flexibility index (Phi) is 4.76. The first-order valence-electron chi connectivity index (χ1n) is 9.71. The lowest BCUT2D eigenvalue weighted by Gasteiger charge is -2.52. The number of nitrogens with two attached hydrogens (primary N) is 2. The van der Waals surface area contributed by atoms with Crippen molar-refractivity contribution in [3.05, 3.63) is 42.0 Å². The average molecular weight is 355 g/mol. The van der Waals surface area contributed by atoms with Gasteiger partial charge in [-0.1, -0.05) is 30.8 Å². The third-order valence-corrected chi connectivity index (χ3v) is 6.97. The van der Waals surface area contributed by atoms with Crippen LogP contribution >= 0.6 is 0 Å². The lowest BCUT2D eigenvalue weighted by molar-refractivity contribution is -0.151. The van der Waals surface area contributed by atoms with Gasteiger partial charge in [-0.2, -0.15) is 0 Å². The lowest BCUT2D eigenvalue weighted by atomic mass is 9.53. The predicted molar refractivity (Wildman–Crippen MR) is 102 cm³/mol. The Hall–Kier alpha value is -1.85. The van der Waals surface area contributed by atoms with Crippen molar-refractivity contribution < 1.29 is 9.53 Å². The molecule has 5 N–H and O–H groups in total. The number of benzene rings is 1. The fourth-order valence-electron chi connectivity index (χ4n) is 5.44. The van der Waals surface area contributed by atoms with E-state index >= 15 is 0 Å². The van der Waals surface area contributed by atoms with Gasteiger partial charge in [0.2, 0.25) is 0 Å². The molecule has 0 saturated heterocycles. The van der Waals surface area contributed by atoms with Crippen molar-refractivity contribution in [3.8, 4) is 0 Å². The minimum atomic E-state index is -0.200. The molecule has 5 atom stereocenters. The summed E-state index contributed by atoms with van der Waals surface area (Å²) in [7, 11) is 0. The zero-order valence-corrected chi connectivity index (χ0v) is 15.2. The van der Waals surface area contributed by atoms with Gasteiger partial charge < -0.3 is 21.5 Å². The van der Waals surface area contributed by atoms with Crippen molar-refractivity contribution in [2.45, 2.75) is 18.8 Å². The Morgan fingerprint density at radius 3 is 2.46 bits per heavy atom. The molecule has 1 aromatic rings. The number of nitrogens with one attached hydrogen (secondary N) is 1. The highest BCUT2D eigenvalue weighted by molar-refractivity contribution is 5.74. The molecule has 0 aliphatic heterocycles. The van der Waals surface area contributed by atoms with Crippen LogP contribution in [0.4, 0.5) is 0 Å². The number of hydrogen-bond acceptors (Lipinski definition) is 5. The van der Waals surface area contributed by atoms with Gasteiger partial charge in [0, 0.05) is 24.7 Å². The van der Waals surface area contributed by atoms with Crippen LogP contribution in [0, 0.1) is 29.6 Å². The van der Waals surface area contributed by atoms with Gasteiger partial charge in [-0.25, -0.2) is 0 Å². The SMILES string of the molecule is C=C(NCC(=O)OCC1C2C3CC2[C@@H]1C3)c1ccc(C(CN)CN)cc1. The first-order valence-corrected chi connectivity index (χ1v) is 9.71. The van der Waals surface area contributed by atoms with Crippen LogP contribution in [0.1, 0.15) is 29.9 Å². The van der Waals surface area contributed by atoms with E-state index in [-0.39, 0.29) is 18.4 Å². The van der Waals surface area contributed by atoms with Crippen LogP contribution in [-0.2, 0) is 9.53 Å². The molecule has 4 unspecified atom stereocenters. The molecule has 0 radical (unpaired) electrons. The molecule has 26 heavy (non-hydrogen) atoms. The summed E-state index contributed by atoms with van der Waals surface area (Å²) in [4.78, 5) is 12.0. The number of rotatable bonds is 9. The quantitative estimate of drug-likeness (QED) is 0.587. The van der Waals surface area contributed by atoms with Gasteiger partial charge in [0.05, 0.1) is 6.61 Å². The van der Waals surface area contributed by atoms with E-state index in [1.165, 1.54) is 12.8 Å². The number of hydrogen-bond donors (Lipinski definition) is 3. The summed E-state index contributed by atoms with van der Waals surface area (Å²) in [5.74, 6) is 4.21. The van der Waals surface area contributed by atoms with Crippen molar-refractivity contribution >= 4 is 11.7 Å². The van der Waals surface area contributed by atoms with Crippen LogP contribution in [0.25, 0.3) is 5.70 Å². The van der Waals surface area contributed by atoms with Gasteiger partial charge >= 0.3 is 5.97 Å². The zero-order chi connectivity index (χ0) is 18.3. The van der Waals surface area contributed by atoms with Crippen LogP contribution in [0.5, 0.6) is 0 Å². The molecular formula is C21H29N3O2. The van der Waals surface area contributed by atoms with E-state index in [9.17, 15) is 4.79 Å². The molecule has 140 valence electrons. The van der Waals surface area contributed by atoms with Crippen molar-refractivity contribution in [1.29, 1.82) is 0 Å². The summed E-state index contributed by atoms with van der Waals surface area (Å²) < 4.78 is 5.49. The average Bonchev–Trinajstić information content (AvgIpc) is 3.32. The summed E-state index contributed by atoms with van der Waals surface area (Å²) in [6.07, 6.45) is 2.80. The Labute approximate surface area is 155 Å². The second-order valence-corrected chi connectivity index (χ2v) is 8.11. The molecule has 5 saturated carbocycles. The molecule has 5 heteroatoms. The number of esters is 1. The highest BCUT2D eigenvalue weighted by Crippen LogP contribution is 2.72. The maximum Gasteiger partial charge on any atom is 0.325 e. The molecule has 0 heterocycles. The Morgan fingerprint density at radius 1 is 1.19 bits per heavy atom. The second kappa shape index (κ2) is 7.05. The van der Waals surface area contributed by atoms with Gasteiger partial charge in [-0.15, -0.1) is 0 Å². The molecule has 0 aromatic heterocycles. The molecule has 5 nitrogen and oxygen atoms in total. The van der Waals surface area contributed by atoms with E-state index < -0.39 is 0 Å². The maximum atomic E-state index is 12.0. The third kappa shape index (κ3) is 2.93. The molecule has 5 fully saturated rings. The normalized spacial score (nSPS) is 30.5. The van der Waals surface area contributed by atoms with E-state index in [2.05, 4.69) is 11.9 Å². The minimum absolute atomic E-state index is 0.156. The maximum absolute atomic E-state index is 12.0. The van der Waals surface area contributed by atoms with Crippen LogP contribution in [0.15, 0.2) is 30.8 Å². The van der Waals surface area contributed by atoms with Gasteiger partial charge in [0.15, 0.2) is 0 Å². The molecule has 6 rings (SSSR count). The van der Waals surface area contributed by atoms with Crippen LogP contribution in [0.2, 0.25) is 0 Å².